The molecule has 0 aromatic heterocycles. The van der Waals surface area contributed by atoms with Gasteiger partial charge in [-0.3, -0.25) is 0 Å². The lowest BCUT2D eigenvalue weighted by Gasteiger charge is -2.31. The van der Waals surface area contributed by atoms with Crippen molar-refractivity contribution >= 4 is 0 Å². The summed E-state index contributed by atoms with van der Waals surface area (Å²) >= 11 is 0. The molecule has 1 aromatic rings. The van der Waals surface area contributed by atoms with Gasteiger partial charge in [0.25, 0.3) is 0 Å². The minimum absolute atomic E-state index is 0.129. The number of halogens is 4. The molecular formula is C13H17F4NO. The second-order valence-electron chi connectivity index (χ2n) is 5.57. The number of alkyl halides is 3. The minimum atomic E-state index is -4.61. The summed E-state index contributed by atoms with van der Waals surface area (Å²) in [5.74, 6) is -1.06. The first-order valence-corrected chi connectivity index (χ1v) is 5.75. The fraction of sp³-hybridized carbons (Fsp3) is 0.538. The number of aliphatic hydroxyl groups excluding tert-OH is 1. The van der Waals surface area contributed by atoms with Crippen LogP contribution >= 0.6 is 0 Å². The van der Waals surface area contributed by atoms with Gasteiger partial charge in [0.05, 0.1) is 17.7 Å². The zero-order valence-corrected chi connectivity index (χ0v) is 10.9. The minimum Gasteiger partial charge on any atom is -0.391 e. The second-order valence-corrected chi connectivity index (χ2v) is 5.57. The van der Waals surface area contributed by atoms with Crippen LogP contribution < -0.4 is 5.73 Å². The van der Waals surface area contributed by atoms with Crippen LogP contribution in [0.25, 0.3) is 0 Å². The SMILES string of the molecule is CC(C)(C)[C@H](O)[C@H](N)c1ccc(C(F)(F)F)cc1F. The molecule has 0 amide bonds. The van der Waals surface area contributed by atoms with Gasteiger partial charge in [-0.05, 0) is 17.5 Å². The van der Waals surface area contributed by atoms with Crippen molar-refractivity contribution in [2.45, 2.75) is 39.1 Å². The fourth-order valence-corrected chi connectivity index (χ4v) is 1.68. The van der Waals surface area contributed by atoms with E-state index in [2.05, 4.69) is 0 Å². The number of aliphatic hydroxyl groups is 1. The highest BCUT2D eigenvalue weighted by Crippen LogP contribution is 2.33. The normalized spacial score (nSPS) is 16.3. The number of hydrogen-bond donors (Lipinski definition) is 2. The highest BCUT2D eigenvalue weighted by molar-refractivity contribution is 5.29. The van der Waals surface area contributed by atoms with Gasteiger partial charge in [-0.1, -0.05) is 26.8 Å². The van der Waals surface area contributed by atoms with E-state index in [1.807, 2.05) is 0 Å². The molecule has 108 valence electrons. The largest absolute Gasteiger partial charge is 0.416 e. The summed E-state index contributed by atoms with van der Waals surface area (Å²) in [5.41, 5.74) is 3.90. The first-order chi connectivity index (χ1) is 8.44. The maximum Gasteiger partial charge on any atom is 0.416 e. The average molecular weight is 279 g/mol. The van der Waals surface area contributed by atoms with Gasteiger partial charge in [-0.2, -0.15) is 13.2 Å². The Hall–Kier alpha value is -1.14. The Morgan fingerprint density at radius 1 is 1.16 bits per heavy atom. The fourth-order valence-electron chi connectivity index (χ4n) is 1.68. The molecule has 0 saturated heterocycles. The van der Waals surface area contributed by atoms with Gasteiger partial charge in [0.15, 0.2) is 0 Å². The molecule has 6 heteroatoms. The topological polar surface area (TPSA) is 46.2 Å². The smallest absolute Gasteiger partial charge is 0.391 e. The predicted molar refractivity (Wildman–Crippen MR) is 63.8 cm³/mol. The molecule has 0 spiro atoms. The summed E-state index contributed by atoms with van der Waals surface area (Å²) in [7, 11) is 0. The Morgan fingerprint density at radius 3 is 2.05 bits per heavy atom. The van der Waals surface area contributed by atoms with Crippen LogP contribution in [0.4, 0.5) is 17.6 Å². The van der Waals surface area contributed by atoms with Crippen LogP contribution in [0.5, 0.6) is 0 Å². The maximum atomic E-state index is 13.7. The molecule has 3 N–H and O–H groups in total. The van der Waals surface area contributed by atoms with Crippen LogP contribution in [0, 0.1) is 11.2 Å². The van der Waals surface area contributed by atoms with Crippen LogP contribution in [-0.4, -0.2) is 11.2 Å². The molecule has 0 aliphatic heterocycles. The van der Waals surface area contributed by atoms with Gasteiger partial charge < -0.3 is 10.8 Å². The van der Waals surface area contributed by atoms with E-state index in [1.165, 1.54) is 0 Å². The van der Waals surface area contributed by atoms with Gasteiger partial charge in [0, 0.05) is 5.56 Å². The highest BCUT2D eigenvalue weighted by atomic mass is 19.4. The Bertz CT molecular complexity index is 451. The van der Waals surface area contributed by atoms with E-state index < -0.39 is 35.1 Å². The van der Waals surface area contributed by atoms with Crippen LogP contribution in [0.15, 0.2) is 18.2 Å². The summed E-state index contributed by atoms with van der Waals surface area (Å²) in [5, 5.41) is 9.95. The van der Waals surface area contributed by atoms with Crippen molar-refractivity contribution in [3.63, 3.8) is 0 Å². The van der Waals surface area contributed by atoms with Crippen LogP contribution in [-0.2, 0) is 6.18 Å². The van der Waals surface area contributed by atoms with E-state index in [0.717, 1.165) is 12.1 Å². The summed E-state index contributed by atoms with van der Waals surface area (Å²) < 4.78 is 50.9. The monoisotopic (exact) mass is 279 g/mol. The lowest BCUT2D eigenvalue weighted by Crippen LogP contribution is -2.37. The van der Waals surface area contributed by atoms with Gasteiger partial charge >= 0.3 is 6.18 Å². The van der Waals surface area contributed by atoms with E-state index in [1.54, 1.807) is 20.8 Å². The van der Waals surface area contributed by atoms with Crippen molar-refractivity contribution < 1.29 is 22.7 Å². The maximum absolute atomic E-state index is 13.7. The van der Waals surface area contributed by atoms with Crippen molar-refractivity contribution in [2.24, 2.45) is 11.1 Å². The van der Waals surface area contributed by atoms with E-state index in [4.69, 9.17) is 5.73 Å². The quantitative estimate of drug-likeness (QED) is 0.816. The van der Waals surface area contributed by atoms with Crippen molar-refractivity contribution in [1.82, 2.24) is 0 Å². The van der Waals surface area contributed by atoms with Gasteiger partial charge in [0.1, 0.15) is 5.82 Å². The number of benzene rings is 1. The Labute approximate surface area is 109 Å². The molecule has 0 fully saturated rings. The average Bonchev–Trinajstić information content (AvgIpc) is 2.24. The molecule has 0 saturated carbocycles. The third-order valence-corrected chi connectivity index (χ3v) is 2.91. The molecule has 0 heterocycles. The lowest BCUT2D eigenvalue weighted by atomic mass is 9.82. The molecule has 0 unspecified atom stereocenters. The Kier molecular flexibility index (Phi) is 4.27. The number of hydrogen-bond acceptors (Lipinski definition) is 2. The molecule has 0 aliphatic rings. The van der Waals surface area contributed by atoms with E-state index in [9.17, 15) is 22.7 Å². The van der Waals surface area contributed by atoms with Crippen molar-refractivity contribution in [3.05, 3.63) is 35.1 Å². The molecule has 0 aliphatic carbocycles. The molecule has 19 heavy (non-hydrogen) atoms. The second kappa shape index (κ2) is 5.09. The number of rotatable bonds is 2. The Morgan fingerprint density at radius 2 is 1.68 bits per heavy atom. The zero-order valence-electron chi connectivity index (χ0n) is 10.9. The van der Waals surface area contributed by atoms with Gasteiger partial charge in [-0.25, -0.2) is 4.39 Å². The molecule has 0 bridgehead atoms. The van der Waals surface area contributed by atoms with Crippen LogP contribution in [0.2, 0.25) is 0 Å². The van der Waals surface area contributed by atoms with Crippen molar-refractivity contribution in [3.8, 4) is 0 Å². The van der Waals surface area contributed by atoms with Crippen molar-refractivity contribution in [2.75, 3.05) is 0 Å². The van der Waals surface area contributed by atoms with Crippen molar-refractivity contribution in [1.29, 1.82) is 0 Å². The molecule has 0 radical (unpaired) electrons. The lowest BCUT2D eigenvalue weighted by molar-refractivity contribution is -0.137. The third kappa shape index (κ3) is 3.67. The number of nitrogens with two attached hydrogens (primary N) is 1. The first kappa shape index (κ1) is 15.9. The Balaban J connectivity index is 3.10. The van der Waals surface area contributed by atoms with E-state index >= 15 is 0 Å². The van der Waals surface area contributed by atoms with E-state index in [-0.39, 0.29) is 5.56 Å². The molecule has 2 atom stereocenters. The standard InChI is InChI=1S/C13H17F4NO/c1-12(2,3)11(19)10(18)8-5-4-7(6-9(8)14)13(15,16)17/h4-6,10-11,19H,18H2,1-3H3/t10-,11-/m1/s1. The summed E-state index contributed by atoms with van der Waals surface area (Å²) in [6.07, 6.45) is -5.68. The summed E-state index contributed by atoms with van der Waals surface area (Å²) in [4.78, 5) is 0. The molecule has 1 rings (SSSR count). The van der Waals surface area contributed by atoms with Crippen LogP contribution in [0.1, 0.15) is 37.9 Å². The first-order valence-electron chi connectivity index (χ1n) is 5.75. The highest BCUT2D eigenvalue weighted by Gasteiger charge is 2.34. The van der Waals surface area contributed by atoms with Gasteiger partial charge in [0.2, 0.25) is 0 Å². The summed E-state index contributed by atoms with van der Waals surface area (Å²) in [6, 6.07) is 1.04. The van der Waals surface area contributed by atoms with Gasteiger partial charge in [-0.15, -0.1) is 0 Å². The predicted octanol–water partition coefficient (Wildman–Crippen LogP) is 3.25. The molecule has 1 aromatic carbocycles. The van der Waals surface area contributed by atoms with Crippen LogP contribution in [0.3, 0.4) is 0 Å². The molecular weight excluding hydrogens is 262 g/mol. The molecule has 2 nitrogen and oxygen atoms in total. The summed E-state index contributed by atoms with van der Waals surface area (Å²) in [6.45, 7) is 5.12. The van der Waals surface area contributed by atoms with E-state index in [0.29, 0.717) is 6.07 Å². The zero-order chi connectivity index (χ0) is 15.0. The third-order valence-electron chi connectivity index (χ3n) is 2.91.